The Labute approximate surface area is 80.5 Å². The summed E-state index contributed by atoms with van der Waals surface area (Å²) in [4.78, 5) is 0. The summed E-state index contributed by atoms with van der Waals surface area (Å²) in [5.74, 6) is 0. The molecule has 0 aromatic heterocycles. The SMILES string of the molecule is [2H]/C(=C/CCCCCC)[Si](C)(C)C. The fourth-order valence-corrected chi connectivity index (χ4v) is 1.81. The van der Waals surface area contributed by atoms with E-state index < -0.39 is 8.07 Å². The van der Waals surface area contributed by atoms with Crippen molar-refractivity contribution in [2.24, 2.45) is 0 Å². The van der Waals surface area contributed by atoms with Crippen LogP contribution < -0.4 is 0 Å². The predicted octanol–water partition coefficient (Wildman–Crippen LogP) is 4.39. The van der Waals surface area contributed by atoms with E-state index in [-0.39, 0.29) is 0 Å². The third-order valence-corrected chi connectivity index (χ3v) is 2.81. The van der Waals surface area contributed by atoms with Crippen molar-refractivity contribution in [2.75, 3.05) is 0 Å². The molecule has 1 heteroatoms. The van der Waals surface area contributed by atoms with Crippen LogP contribution >= 0.6 is 0 Å². The van der Waals surface area contributed by atoms with E-state index >= 15 is 0 Å². The highest BCUT2D eigenvalue weighted by molar-refractivity contribution is 6.80. The van der Waals surface area contributed by atoms with Gasteiger partial charge in [-0.2, -0.15) is 0 Å². The minimum absolute atomic E-state index is 0.920. The second kappa shape index (κ2) is 6.47. The van der Waals surface area contributed by atoms with Crippen molar-refractivity contribution < 1.29 is 1.37 Å². The van der Waals surface area contributed by atoms with Gasteiger partial charge in [0.25, 0.3) is 0 Å². The van der Waals surface area contributed by atoms with Gasteiger partial charge in [-0.3, -0.25) is 0 Å². The van der Waals surface area contributed by atoms with E-state index in [1.54, 1.807) is 0 Å². The summed E-state index contributed by atoms with van der Waals surface area (Å²) in [5.41, 5.74) is 0.920. The first-order chi connectivity index (χ1) is 5.98. The lowest BCUT2D eigenvalue weighted by Gasteiger charge is -2.07. The Hall–Kier alpha value is -0.0431. The molecule has 0 fully saturated rings. The number of rotatable bonds is 6. The van der Waals surface area contributed by atoms with E-state index in [1.807, 2.05) is 0 Å². The van der Waals surface area contributed by atoms with Gasteiger partial charge < -0.3 is 0 Å². The molecule has 12 heavy (non-hydrogen) atoms. The molecule has 0 bridgehead atoms. The fourth-order valence-electron chi connectivity index (χ4n) is 1.05. The summed E-state index contributed by atoms with van der Waals surface area (Å²) >= 11 is 0. The molecule has 72 valence electrons. The lowest BCUT2D eigenvalue weighted by molar-refractivity contribution is 0.674. The molecule has 0 unspecified atom stereocenters. The van der Waals surface area contributed by atoms with Crippen LogP contribution in [0.4, 0.5) is 0 Å². The van der Waals surface area contributed by atoms with Gasteiger partial charge >= 0.3 is 0 Å². The largest absolute Gasteiger partial charge is 0.0989 e. The Morgan fingerprint density at radius 1 is 1.17 bits per heavy atom. The molecule has 0 heterocycles. The van der Waals surface area contributed by atoms with Crippen LogP contribution in [0.2, 0.25) is 19.6 Å². The molecule has 0 saturated carbocycles. The zero-order valence-corrected chi connectivity index (χ0v) is 10.1. The van der Waals surface area contributed by atoms with Gasteiger partial charge in [-0.25, -0.2) is 0 Å². The highest BCUT2D eigenvalue weighted by Gasteiger charge is 2.05. The highest BCUT2D eigenvalue weighted by atomic mass is 28.3. The molecule has 0 spiro atoms. The van der Waals surface area contributed by atoms with Gasteiger partial charge in [0.2, 0.25) is 0 Å². The van der Waals surface area contributed by atoms with Crippen LogP contribution in [0.15, 0.2) is 11.8 Å². The van der Waals surface area contributed by atoms with E-state index in [9.17, 15) is 0 Å². The lowest BCUT2D eigenvalue weighted by Crippen LogP contribution is -2.15. The third kappa shape index (κ3) is 9.96. The van der Waals surface area contributed by atoms with Crippen LogP contribution in [0.1, 0.15) is 40.4 Å². The standard InChI is InChI=1S/C11H24Si/c1-5-6-7-8-9-10-11-12(2,3)4/h10-11H,5-9H2,1-4H3/b11-10-/i11D. The average molecular weight is 185 g/mol. The normalized spacial score (nSPS) is 14.7. The van der Waals surface area contributed by atoms with Gasteiger partial charge in [-0.05, 0) is 12.8 Å². The monoisotopic (exact) mass is 185 g/mol. The summed E-state index contributed by atoms with van der Waals surface area (Å²) in [6.07, 6.45) is 8.48. The van der Waals surface area contributed by atoms with E-state index in [0.29, 0.717) is 0 Å². The Morgan fingerprint density at radius 3 is 2.33 bits per heavy atom. The highest BCUT2D eigenvalue weighted by Crippen LogP contribution is 2.06. The van der Waals surface area contributed by atoms with E-state index in [4.69, 9.17) is 1.37 Å². The van der Waals surface area contributed by atoms with Gasteiger partial charge in [0.05, 0.1) is 9.44 Å². The van der Waals surface area contributed by atoms with Crippen molar-refractivity contribution in [3.8, 4) is 0 Å². The van der Waals surface area contributed by atoms with Gasteiger partial charge in [0, 0.05) is 0 Å². The maximum Gasteiger partial charge on any atom is 0.0682 e. The maximum absolute atomic E-state index is 7.83. The van der Waals surface area contributed by atoms with Crippen LogP contribution in [0.3, 0.4) is 0 Å². The second-order valence-electron chi connectivity index (χ2n) is 4.45. The first kappa shape index (κ1) is 10.0. The van der Waals surface area contributed by atoms with Gasteiger partial charge in [0.1, 0.15) is 0 Å². The first-order valence-electron chi connectivity index (χ1n) is 5.65. The van der Waals surface area contributed by atoms with Crippen molar-refractivity contribution in [2.45, 2.75) is 58.7 Å². The molecule has 0 radical (unpaired) electrons. The lowest BCUT2D eigenvalue weighted by atomic mass is 10.2. The molecular weight excluding hydrogens is 160 g/mol. The van der Waals surface area contributed by atoms with Gasteiger partial charge in [0.15, 0.2) is 0 Å². The Kier molecular flexibility index (Phi) is 5.41. The maximum atomic E-state index is 7.83. The van der Waals surface area contributed by atoms with Gasteiger partial charge in [-0.1, -0.05) is 57.6 Å². The van der Waals surface area contributed by atoms with Crippen LogP contribution in [0.25, 0.3) is 0 Å². The third-order valence-electron chi connectivity index (χ3n) is 1.74. The van der Waals surface area contributed by atoms with Crippen LogP contribution in [-0.4, -0.2) is 8.07 Å². The second-order valence-corrected chi connectivity index (χ2v) is 9.24. The predicted molar refractivity (Wildman–Crippen MR) is 61.2 cm³/mol. The van der Waals surface area contributed by atoms with Gasteiger partial charge in [-0.15, -0.1) is 0 Å². The summed E-state index contributed by atoms with van der Waals surface area (Å²) in [5, 5.41) is 0. The molecule has 0 aliphatic heterocycles. The molecule has 0 aromatic rings. The van der Waals surface area contributed by atoms with E-state index in [1.165, 1.54) is 25.7 Å². The summed E-state index contributed by atoms with van der Waals surface area (Å²) < 4.78 is 7.83. The number of unbranched alkanes of at least 4 members (excludes halogenated alkanes) is 4. The summed E-state index contributed by atoms with van der Waals surface area (Å²) in [7, 11) is -1.30. The number of hydrogen-bond acceptors (Lipinski definition) is 0. The topological polar surface area (TPSA) is 0 Å². The van der Waals surface area contributed by atoms with Crippen molar-refractivity contribution >= 4 is 8.07 Å². The average Bonchev–Trinajstić information content (AvgIpc) is 2.02. The first-order valence-corrected chi connectivity index (χ1v) is 8.65. The molecule has 0 aromatic carbocycles. The van der Waals surface area contributed by atoms with Crippen molar-refractivity contribution in [3.63, 3.8) is 0 Å². The zero-order valence-electron chi connectivity index (χ0n) is 10.1. The molecule has 0 atom stereocenters. The molecule has 0 aliphatic carbocycles. The molecular formula is C11H24Si. The van der Waals surface area contributed by atoms with E-state index in [2.05, 4.69) is 32.6 Å². The fraction of sp³-hybridized carbons (Fsp3) is 0.818. The summed E-state index contributed by atoms with van der Waals surface area (Å²) in [6, 6.07) is 0. The Balaban J connectivity index is 3.60. The number of allylic oxidation sites excluding steroid dienone is 1. The summed E-state index contributed by atoms with van der Waals surface area (Å²) in [6.45, 7) is 8.93. The van der Waals surface area contributed by atoms with Crippen LogP contribution in [-0.2, 0) is 0 Å². The number of hydrogen-bond donors (Lipinski definition) is 0. The molecule has 0 saturated heterocycles. The smallest absolute Gasteiger partial charge is 0.0682 e. The van der Waals surface area contributed by atoms with E-state index in [0.717, 1.165) is 12.1 Å². The van der Waals surface area contributed by atoms with Crippen molar-refractivity contribution in [3.05, 3.63) is 11.8 Å². The Morgan fingerprint density at radius 2 is 1.83 bits per heavy atom. The minimum atomic E-state index is -1.30. The molecule has 0 N–H and O–H groups in total. The zero-order chi connectivity index (χ0) is 10.3. The van der Waals surface area contributed by atoms with Crippen molar-refractivity contribution in [1.82, 2.24) is 0 Å². The minimum Gasteiger partial charge on any atom is -0.0989 e. The quantitative estimate of drug-likeness (QED) is 0.425. The van der Waals surface area contributed by atoms with Crippen LogP contribution in [0.5, 0.6) is 0 Å². The molecule has 0 nitrogen and oxygen atoms in total. The molecule has 0 aliphatic rings. The molecule has 0 rings (SSSR count). The molecule has 0 amide bonds. The van der Waals surface area contributed by atoms with Crippen LogP contribution in [0, 0.1) is 0 Å². The van der Waals surface area contributed by atoms with Crippen molar-refractivity contribution in [1.29, 1.82) is 0 Å². The Bertz CT molecular complexity index is 156.